The second-order valence-electron chi connectivity index (χ2n) is 4.72. The summed E-state index contributed by atoms with van der Waals surface area (Å²) in [5.74, 6) is -0.124. The number of carbonyl (C=O) groups excluding carboxylic acids is 1. The van der Waals surface area contributed by atoms with E-state index < -0.39 is 9.84 Å². The molecule has 19 heavy (non-hydrogen) atoms. The minimum Gasteiger partial charge on any atom is -0.378 e. The predicted octanol–water partition coefficient (Wildman–Crippen LogP) is 1.52. The van der Waals surface area contributed by atoms with Gasteiger partial charge in [-0.05, 0) is 30.7 Å². The number of anilines is 2. The molecule has 0 aromatic heterocycles. The molecular weight excluding hydrogens is 264 g/mol. The Morgan fingerprint density at radius 3 is 2.26 bits per heavy atom. The van der Waals surface area contributed by atoms with Crippen LogP contribution in [0.5, 0.6) is 0 Å². The van der Waals surface area contributed by atoms with Gasteiger partial charge < -0.3 is 10.2 Å². The standard InChI is InChI=1S/C13H20N2O3S/c1-15(2)12-8-6-11(7-9-12)14-13(16)5-4-10-19(3,17)18/h6-9H,4-5,10H2,1-3H3,(H,14,16). The fourth-order valence-electron chi connectivity index (χ4n) is 1.56. The average Bonchev–Trinajstić information content (AvgIpc) is 2.27. The van der Waals surface area contributed by atoms with Gasteiger partial charge in [-0.1, -0.05) is 0 Å². The topological polar surface area (TPSA) is 66.5 Å². The van der Waals surface area contributed by atoms with Gasteiger partial charge >= 0.3 is 0 Å². The molecule has 0 unspecified atom stereocenters. The summed E-state index contributed by atoms with van der Waals surface area (Å²) in [6.07, 6.45) is 1.73. The maximum atomic E-state index is 11.6. The van der Waals surface area contributed by atoms with Crippen LogP contribution in [0.4, 0.5) is 11.4 Å². The number of rotatable bonds is 6. The first kappa shape index (κ1) is 15.5. The van der Waals surface area contributed by atoms with Gasteiger partial charge in [0.25, 0.3) is 0 Å². The molecule has 0 aliphatic carbocycles. The Balaban J connectivity index is 2.44. The van der Waals surface area contributed by atoms with Gasteiger partial charge in [-0.3, -0.25) is 4.79 Å². The van der Waals surface area contributed by atoms with Crippen molar-refractivity contribution < 1.29 is 13.2 Å². The highest BCUT2D eigenvalue weighted by Crippen LogP contribution is 2.15. The molecule has 5 nitrogen and oxygen atoms in total. The Kier molecular flexibility index (Phi) is 5.35. The summed E-state index contributed by atoms with van der Waals surface area (Å²) in [6, 6.07) is 7.46. The molecule has 6 heteroatoms. The van der Waals surface area contributed by atoms with Crippen LogP contribution >= 0.6 is 0 Å². The van der Waals surface area contributed by atoms with E-state index in [0.717, 1.165) is 11.4 Å². The first-order valence-corrected chi connectivity index (χ1v) is 8.09. The highest BCUT2D eigenvalue weighted by atomic mass is 32.2. The number of carbonyl (C=O) groups is 1. The quantitative estimate of drug-likeness (QED) is 0.860. The zero-order chi connectivity index (χ0) is 14.5. The van der Waals surface area contributed by atoms with E-state index in [1.54, 1.807) is 0 Å². The van der Waals surface area contributed by atoms with E-state index in [4.69, 9.17) is 0 Å². The summed E-state index contributed by atoms with van der Waals surface area (Å²) in [5, 5.41) is 2.74. The van der Waals surface area contributed by atoms with Gasteiger partial charge in [0.1, 0.15) is 9.84 Å². The van der Waals surface area contributed by atoms with E-state index in [1.165, 1.54) is 6.26 Å². The van der Waals surface area contributed by atoms with Crippen molar-refractivity contribution in [3.05, 3.63) is 24.3 Å². The fraction of sp³-hybridized carbons (Fsp3) is 0.462. The number of hydrogen-bond acceptors (Lipinski definition) is 4. The van der Waals surface area contributed by atoms with Gasteiger partial charge in [0.2, 0.25) is 5.91 Å². The largest absolute Gasteiger partial charge is 0.378 e. The van der Waals surface area contributed by atoms with Crippen molar-refractivity contribution in [2.24, 2.45) is 0 Å². The minimum atomic E-state index is -2.99. The molecule has 1 N–H and O–H groups in total. The van der Waals surface area contributed by atoms with Gasteiger partial charge in [0.05, 0.1) is 5.75 Å². The van der Waals surface area contributed by atoms with E-state index in [-0.39, 0.29) is 18.1 Å². The van der Waals surface area contributed by atoms with Gasteiger partial charge in [-0.2, -0.15) is 0 Å². The molecular formula is C13H20N2O3S. The molecule has 0 aliphatic heterocycles. The van der Waals surface area contributed by atoms with Gasteiger partial charge in [-0.25, -0.2) is 8.42 Å². The van der Waals surface area contributed by atoms with Crippen molar-refractivity contribution in [2.45, 2.75) is 12.8 Å². The van der Waals surface area contributed by atoms with Crippen molar-refractivity contribution in [3.8, 4) is 0 Å². The molecule has 0 heterocycles. The molecule has 1 rings (SSSR count). The van der Waals surface area contributed by atoms with Crippen LogP contribution in [0.2, 0.25) is 0 Å². The third-order valence-electron chi connectivity index (χ3n) is 2.59. The highest BCUT2D eigenvalue weighted by Gasteiger charge is 2.06. The van der Waals surface area contributed by atoms with Crippen LogP contribution in [0.1, 0.15) is 12.8 Å². The Morgan fingerprint density at radius 2 is 1.79 bits per heavy atom. The molecule has 0 fully saturated rings. The summed E-state index contributed by atoms with van der Waals surface area (Å²) >= 11 is 0. The molecule has 0 spiro atoms. The molecule has 1 aromatic carbocycles. The molecule has 0 saturated carbocycles. The molecule has 1 aromatic rings. The van der Waals surface area contributed by atoms with E-state index in [0.29, 0.717) is 6.42 Å². The summed E-state index contributed by atoms with van der Waals surface area (Å²) in [4.78, 5) is 13.6. The van der Waals surface area contributed by atoms with Crippen LogP contribution in [0, 0.1) is 0 Å². The molecule has 1 amide bonds. The minimum absolute atomic E-state index is 0.0417. The number of hydrogen-bond donors (Lipinski definition) is 1. The fourth-order valence-corrected chi connectivity index (χ4v) is 2.23. The molecule has 0 atom stereocenters. The van der Waals surface area contributed by atoms with E-state index in [2.05, 4.69) is 5.32 Å². The van der Waals surface area contributed by atoms with Crippen molar-refractivity contribution in [2.75, 3.05) is 36.3 Å². The SMILES string of the molecule is CN(C)c1ccc(NC(=O)CCCS(C)(=O)=O)cc1. The summed E-state index contributed by atoms with van der Waals surface area (Å²) in [5.41, 5.74) is 1.77. The lowest BCUT2D eigenvalue weighted by atomic mass is 10.2. The van der Waals surface area contributed by atoms with Crippen molar-refractivity contribution in [1.29, 1.82) is 0 Å². The summed E-state index contributed by atoms with van der Waals surface area (Å²) < 4.78 is 21.9. The second kappa shape index (κ2) is 6.56. The molecule has 106 valence electrons. The highest BCUT2D eigenvalue weighted by molar-refractivity contribution is 7.90. The Bertz CT molecular complexity index is 521. The molecule has 0 radical (unpaired) electrons. The van der Waals surface area contributed by atoms with E-state index >= 15 is 0 Å². The number of benzene rings is 1. The smallest absolute Gasteiger partial charge is 0.224 e. The van der Waals surface area contributed by atoms with Crippen LogP contribution < -0.4 is 10.2 Å². The zero-order valence-corrected chi connectivity index (χ0v) is 12.3. The zero-order valence-electron chi connectivity index (χ0n) is 11.5. The Hall–Kier alpha value is -1.56. The number of amides is 1. The van der Waals surface area contributed by atoms with Crippen LogP contribution in [-0.4, -0.2) is 40.4 Å². The third-order valence-corrected chi connectivity index (χ3v) is 3.62. The van der Waals surface area contributed by atoms with Gasteiger partial charge in [-0.15, -0.1) is 0 Å². The van der Waals surface area contributed by atoms with Crippen molar-refractivity contribution in [1.82, 2.24) is 0 Å². The second-order valence-corrected chi connectivity index (χ2v) is 6.98. The molecule has 0 bridgehead atoms. The average molecular weight is 284 g/mol. The lowest BCUT2D eigenvalue weighted by Crippen LogP contribution is -2.14. The number of nitrogens with one attached hydrogen (secondary N) is 1. The van der Waals surface area contributed by atoms with Crippen molar-refractivity contribution >= 4 is 27.1 Å². The normalized spacial score (nSPS) is 11.1. The Labute approximate surface area is 114 Å². The van der Waals surface area contributed by atoms with Gasteiger partial charge in [0.15, 0.2) is 0 Å². The monoisotopic (exact) mass is 284 g/mol. The maximum Gasteiger partial charge on any atom is 0.224 e. The summed E-state index contributed by atoms with van der Waals surface area (Å²) in [7, 11) is 0.893. The first-order chi connectivity index (χ1) is 8.78. The lowest BCUT2D eigenvalue weighted by molar-refractivity contribution is -0.116. The van der Waals surface area contributed by atoms with Crippen LogP contribution in [-0.2, 0) is 14.6 Å². The van der Waals surface area contributed by atoms with E-state index in [9.17, 15) is 13.2 Å². The maximum absolute atomic E-state index is 11.6. The van der Waals surface area contributed by atoms with Crippen LogP contribution in [0.25, 0.3) is 0 Å². The Morgan fingerprint density at radius 1 is 1.21 bits per heavy atom. The van der Waals surface area contributed by atoms with E-state index in [1.807, 2.05) is 43.3 Å². The van der Waals surface area contributed by atoms with Crippen LogP contribution in [0.3, 0.4) is 0 Å². The first-order valence-electron chi connectivity index (χ1n) is 6.03. The molecule has 0 aliphatic rings. The van der Waals surface area contributed by atoms with Crippen molar-refractivity contribution in [3.63, 3.8) is 0 Å². The van der Waals surface area contributed by atoms with Gasteiger partial charge in [0, 0.05) is 38.1 Å². The lowest BCUT2D eigenvalue weighted by Gasteiger charge is -2.13. The number of sulfone groups is 1. The number of nitrogens with zero attached hydrogens (tertiary/aromatic N) is 1. The van der Waals surface area contributed by atoms with Crippen LogP contribution in [0.15, 0.2) is 24.3 Å². The summed E-state index contributed by atoms with van der Waals surface area (Å²) in [6.45, 7) is 0. The predicted molar refractivity (Wildman–Crippen MR) is 78.3 cm³/mol. The molecule has 0 saturated heterocycles. The third kappa shape index (κ3) is 6.24.